The zero-order valence-electron chi connectivity index (χ0n) is 69.9. The number of alkyl halides is 2. The van der Waals surface area contributed by atoms with E-state index in [0.717, 1.165) is 239 Å². The molecule has 0 aliphatic carbocycles. The lowest BCUT2D eigenvalue weighted by Gasteiger charge is -2.27. The molecule has 0 amide bonds. The Morgan fingerprint density at radius 2 is 0.648 bits per heavy atom. The number of aliphatic hydroxyl groups is 5. The fraction of sp³-hybridized carbons (Fsp3) is 0.667. The Balaban J connectivity index is 0.000000656. The summed E-state index contributed by atoms with van der Waals surface area (Å²) in [4.78, 5) is 23.5. The topological polar surface area (TPSA) is 135 Å². The molecule has 0 aliphatic rings. The first-order chi connectivity index (χ1) is 50.2. The number of carbonyl (C=O) groups excluding carboxylic acids is 2. The predicted molar refractivity (Wildman–Crippen MR) is 447 cm³/mol. The van der Waals surface area contributed by atoms with E-state index in [-0.39, 0.29) is 11.6 Å². The Morgan fingerprint density at radius 1 is 0.343 bits per heavy atom. The van der Waals surface area contributed by atoms with Gasteiger partial charge in [-0.2, -0.15) is 0 Å². The van der Waals surface area contributed by atoms with Gasteiger partial charge < -0.3 is 25.5 Å². The maximum Gasteiger partial charge on any atom is 0.162 e. The number of rotatable bonds is 50. The van der Waals surface area contributed by atoms with Crippen LogP contribution in [0.5, 0.6) is 0 Å². The third kappa shape index (κ3) is 42.6. The summed E-state index contributed by atoms with van der Waals surface area (Å²) in [6.45, 7) is 33.6. The molecule has 3 unspecified atom stereocenters. The Kier molecular flexibility index (Phi) is 52.6. The molecule has 596 valence electrons. The molecule has 0 spiro atoms. The Bertz CT molecular complexity index is 2900. The molecule has 5 aromatic carbocycles. The first-order valence-corrected chi connectivity index (χ1v) is 42.6. The predicted octanol–water partition coefficient (Wildman–Crippen LogP) is 26.3. The van der Waals surface area contributed by atoms with Crippen LogP contribution in [0.1, 0.15) is 395 Å². The molecule has 0 aromatic heterocycles. The van der Waals surface area contributed by atoms with Crippen molar-refractivity contribution in [2.75, 3.05) is 0 Å². The average molecular weight is 1460 g/mol. The van der Waals surface area contributed by atoms with E-state index in [1.807, 2.05) is 94.4 Å². The minimum Gasteiger partial charge on any atom is -0.390 e. The molecule has 105 heavy (non-hydrogen) atoms. The van der Waals surface area contributed by atoms with Gasteiger partial charge in [0.1, 0.15) is 18.1 Å². The van der Waals surface area contributed by atoms with Crippen LogP contribution in [0.2, 0.25) is 0 Å². The summed E-state index contributed by atoms with van der Waals surface area (Å²) in [5.74, 6) is 1.14. The third-order valence-electron chi connectivity index (χ3n) is 21.0. The fourth-order valence-corrected chi connectivity index (χ4v) is 15.3. The number of hydrogen-bond donors (Lipinski definition) is 5. The second kappa shape index (κ2) is 56.3. The van der Waals surface area contributed by atoms with Gasteiger partial charge in [0.05, 0.1) is 28.0 Å². The van der Waals surface area contributed by atoms with Crippen molar-refractivity contribution in [3.05, 3.63) is 177 Å². The Labute approximate surface area is 642 Å². The lowest BCUT2D eigenvalue weighted by Crippen LogP contribution is -2.29. The van der Waals surface area contributed by atoms with E-state index in [9.17, 15) is 43.9 Å². The van der Waals surface area contributed by atoms with Crippen LogP contribution in [-0.2, 0) is 49.7 Å². The van der Waals surface area contributed by atoms with Gasteiger partial charge in [0.25, 0.3) is 0 Å². The summed E-state index contributed by atoms with van der Waals surface area (Å²) in [6, 6.07) is 41.1. The second-order valence-corrected chi connectivity index (χ2v) is 31.3. The van der Waals surface area contributed by atoms with Crippen LogP contribution < -0.4 is 0 Å². The number of aryl methyl sites for hydroxylation is 5. The van der Waals surface area contributed by atoms with Crippen LogP contribution in [0, 0.1) is 0 Å². The summed E-state index contributed by atoms with van der Waals surface area (Å²) in [7, 11) is 0. The van der Waals surface area contributed by atoms with E-state index in [0.29, 0.717) is 44.4 Å². The van der Waals surface area contributed by atoms with Crippen LogP contribution in [0.25, 0.3) is 0 Å². The molecule has 5 N–H and O–H groups in total. The highest BCUT2D eigenvalue weighted by Gasteiger charge is 2.29. The van der Waals surface area contributed by atoms with E-state index in [1.165, 1.54) is 35.1 Å². The number of hydrogen-bond acceptors (Lipinski definition) is 7. The van der Waals surface area contributed by atoms with Crippen LogP contribution in [-0.4, -0.2) is 71.3 Å². The Morgan fingerprint density at radius 3 is 0.990 bits per heavy atom. The molecule has 0 bridgehead atoms. The highest BCUT2D eigenvalue weighted by Crippen LogP contribution is 2.33. The standard InChI is InChI=1S/C20H34O.2C19H31FO.2C19H30O2/c1-5-9-17(4)19-11-8-10-18(16-19)12-15-20(21,13-6-2)14-7-3;1-4-11-19(21,12-5-2)13-10-16-8-7-9-17(14-16)15-18(20)6-3;1-4-8-18(20)17-10-7-9-16(15-17)11-14-19(21,12-5-2)13-6-3;1-4-11-19(21,12-5-2)13-10-16-8-7-9-17(14-16)15-18(20)6-3;1-4-8-18(20)17-10-7-9-16(15-17)11-14-19(21,12-5-2)13-6-3/h8,10-11,16-17,21H,5-7,9,12-15H2,1-4H3;7-9,14,18,21H,4-6,10-13,15H2,1-3H3;7,9-10,15,18,21H,4-6,8,11-14H2,1-3H3;7-9,14,21H,4-6,10-13,15H2,1-3H3;7,9-10,15,21H,4-6,8,11-14H2,1-3H3. The summed E-state index contributed by atoms with van der Waals surface area (Å²) in [5, 5.41) is 53.4. The van der Waals surface area contributed by atoms with Gasteiger partial charge in [-0.25, -0.2) is 8.78 Å². The van der Waals surface area contributed by atoms with Crippen LogP contribution in [0.15, 0.2) is 121 Å². The second-order valence-electron chi connectivity index (χ2n) is 31.3. The minimum atomic E-state index is -0.861. The van der Waals surface area contributed by atoms with Gasteiger partial charge >= 0.3 is 0 Å². The number of benzene rings is 5. The minimum absolute atomic E-state index is 0.219. The molecule has 0 heterocycles. The normalized spacial score (nSPS) is 12.7. The van der Waals surface area contributed by atoms with Gasteiger partial charge in [-0.3, -0.25) is 9.59 Å². The van der Waals surface area contributed by atoms with Crippen molar-refractivity contribution in [3.8, 4) is 0 Å². The zero-order chi connectivity index (χ0) is 78.6. The molecule has 0 aliphatic heterocycles. The lowest BCUT2D eigenvalue weighted by atomic mass is 9.86. The molecule has 0 saturated heterocycles. The molecule has 0 fully saturated rings. The van der Waals surface area contributed by atoms with Crippen molar-refractivity contribution in [1.82, 2.24) is 0 Å². The van der Waals surface area contributed by atoms with Crippen molar-refractivity contribution in [1.29, 1.82) is 0 Å². The maximum absolute atomic E-state index is 14.0. The Hall–Kier alpha value is -4.90. The van der Waals surface area contributed by atoms with Crippen molar-refractivity contribution in [3.63, 3.8) is 0 Å². The number of Topliss-reactive ketones (excluding diaryl/α,β-unsaturated/α-hetero) is 2. The average Bonchev–Trinajstić information content (AvgIpc) is 0.882. The highest BCUT2D eigenvalue weighted by atomic mass is 19.1. The summed E-state index contributed by atoms with van der Waals surface area (Å²) in [6.07, 6.45) is 33.3. The molecule has 7 nitrogen and oxygen atoms in total. The smallest absolute Gasteiger partial charge is 0.162 e. The summed E-state index contributed by atoms with van der Waals surface area (Å²) in [5.41, 5.74) is 8.66. The molecular weight excluding hydrogens is 1300 g/mol. The molecule has 5 rings (SSSR count). The van der Waals surface area contributed by atoms with Crippen LogP contribution in [0.4, 0.5) is 8.78 Å². The molecule has 3 atom stereocenters. The number of ketones is 2. The van der Waals surface area contributed by atoms with E-state index >= 15 is 0 Å². The number of halogens is 2. The third-order valence-corrected chi connectivity index (χ3v) is 21.0. The van der Waals surface area contributed by atoms with Gasteiger partial charge in [0.2, 0.25) is 0 Å². The van der Waals surface area contributed by atoms with Crippen molar-refractivity contribution >= 4 is 11.6 Å². The van der Waals surface area contributed by atoms with Crippen LogP contribution >= 0.6 is 0 Å². The highest BCUT2D eigenvalue weighted by molar-refractivity contribution is 5.96. The van der Waals surface area contributed by atoms with Crippen molar-refractivity contribution in [2.24, 2.45) is 0 Å². The van der Waals surface area contributed by atoms with E-state index in [1.54, 1.807) is 0 Å². The number of carbonyl (C=O) groups is 2. The molecule has 0 saturated carbocycles. The lowest BCUT2D eigenvalue weighted by molar-refractivity contribution is -0.118. The van der Waals surface area contributed by atoms with Crippen LogP contribution in [0.3, 0.4) is 0 Å². The van der Waals surface area contributed by atoms with Gasteiger partial charge in [-0.15, -0.1) is 0 Å². The van der Waals surface area contributed by atoms with Crippen molar-refractivity contribution < 1.29 is 43.9 Å². The van der Waals surface area contributed by atoms with Gasteiger partial charge in [-0.05, 0) is 216 Å². The van der Waals surface area contributed by atoms with Gasteiger partial charge in [-0.1, -0.05) is 303 Å². The first kappa shape index (κ1) is 98.1. The van der Waals surface area contributed by atoms with Crippen molar-refractivity contribution in [2.45, 2.75) is 414 Å². The fourth-order valence-electron chi connectivity index (χ4n) is 15.3. The van der Waals surface area contributed by atoms with E-state index < -0.39 is 40.3 Å². The molecule has 5 aromatic rings. The summed E-state index contributed by atoms with van der Waals surface area (Å²) >= 11 is 0. The summed E-state index contributed by atoms with van der Waals surface area (Å²) < 4.78 is 27.5. The maximum atomic E-state index is 14.0. The van der Waals surface area contributed by atoms with Gasteiger partial charge in [0, 0.05) is 31.2 Å². The molecule has 0 radical (unpaired) electrons. The monoisotopic (exact) mass is 1460 g/mol. The quantitative estimate of drug-likeness (QED) is 0.0245. The molecule has 9 heteroatoms. The SMILES string of the molecule is CCCC(=O)c1cccc(CCC(O)(CCC)CCC)c1.CCCC(C)c1cccc(CCC(O)(CCC)CCC)c1.CCCC(F)c1cccc(CCC(O)(CCC)CCC)c1.CCCC(O)(CCC)CCc1cccc(CC(=O)CC)c1.CCCC(O)(CCC)CCc1cccc(CC(F)CC)c1. The van der Waals surface area contributed by atoms with E-state index in [4.69, 9.17) is 0 Å². The van der Waals surface area contributed by atoms with Gasteiger partial charge in [0.15, 0.2) is 5.78 Å². The molecular formula is C96H156F2O7. The largest absolute Gasteiger partial charge is 0.390 e. The zero-order valence-corrected chi connectivity index (χ0v) is 69.9. The first-order valence-electron chi connectivity index (χ1n) is 42.6. The van der Waals surface area contributed by atoms with E-state index in [2.05, 4.69) is 138 Å².